The SMILES string of the molecule is NC(=O)[C@H](Cc1ccccc1Cl)NC(=O)c1cc(Br)cc(Br)c1. The van der Waals surface area contributed by atoms with Gasteiger partial charge in [0.1, 0.15) is 6.04 Å². The van der Waals surface area contributed by atoms with Crippen LogP contribution >= 0.6 is 43.5 Å². The third kappa shape index (κ3) is 5.06. The Hall–Kier alpha value is -1.37. The van der Waals surface area contributed by atoms with Crippen molar-refractivity contribution in [3.8, 4) is 0 Å². The molecule has 0 unspecified atom stereocenters. The molecule has 0 radical (unpaired) electrons. The zero-order valence-corrected chi connectivity index (χ0v) is 15.8. The van der Waals surface area contributed by atoms with Gasteiger partial charge in [-0.25, -0.2) is 0 Å². The first-order valence-corrected chi connectivity index (χ1v) is 8.63. The third-order valence-electron chi connectivity index (χ3n) is 3.16. The lowest BCUT2D eigenvalue weighted by Crippen LogP contribution is -2.45. The number of hydrogen-bond donors (Lipinski definition) is 2. The molecule has 2 amide bonds. The minimum atomic E-state index is -0.847. The lowest BCUT2D eigenvalue weighted by atomic mass is 10.0. The first-order valence-electron chi connectivity index (χ1n) is 6.66. The highest BCUT2D eigenvalue weighted by Crippen LogP contribution is 2.21. The van der Waals surface area contributed by atoms with Gasteiger partial charge in [0.25, 0.3) is 5.91 Å². The van der Waals surface area contributed by atoms with E-state index in [-0.39, 0.29) is 12.3 Å². The summed E-state index contributed by atoms with van der Waals surface area (Å²) in [7, 11) is 0. The second kappa shape index (κ2) is 7.95. The summed E-state index contributed by atoms with van der Waals surface area (Å²) in [6.07, 6.45) is 0.232. The smallest absolute Gasteiger partial charge is 0.252 e. The molecule has 2 rings (SSSR count). The van der Waals surface area contributed by atoms with Crippen LogP contribution in [0, 0.1) is 0 Å². The van der Waals surface area contributed by atoms with Gasteiger partial charge < -0.3 is 11.1 Å². The first kappa shape index (κ1) is 18.0. The van der Waals surface area contributed by atoms with Crippen LogP contribution < -0.4 is 11.1 Å². The molecule has 0 aliphatic carbocycles. The highest BCUT2D eigenvalue weighted by Gasteiger charge is 2.20. The van der Waals surface area contributed by atoms with E-state index < -0.39 is 11.9 Å². The molecule has 0 saturated heterocycles. The average molecular weight is 461 g/mol. The predicted molar refractivity (Wildman–Crippen MR) is 97.4 cm³/mol. The number of primary amides is 1. The van der Waals surface area contributed by atoms with E-state index in [1.54, 1.807) is 30.3 Å². The summed E-state index contributed by atoms with van der Waals surface area (Å²) in [5.74, 6) is -1.00. The topological polar surface area (TPSA) is 72.2 Å². The van der Waals surface area contributed by atoms with Crippen molar-refractivity contribution in [3.05, 3.63) is 67.6 Å². The second-order valence-corrected chi connectivity index (χ2v) is 7.12. The number of benzene rings is 2. The monoisotopic (exact) mass is 458 g/mol. The minimum Gasteiger partial charge on any atom is -0.368 e. The van der Waals surface area contributed by atoms with Gasteiger partial charge >= 0.3 is 0 Å². The van der Waals surface area contributed by atoms with Crippen molar-refractivity contribution in [1.82, 2.24) is 5.32 Å². The molecule has 0 fully saturated rings. The van der Waals surface area contributed by atoms with Crippen LogP contribution in [0.2, 0.25) is 5.02 Å². The summed E-state index contributed by atoms with van der Waals surface area (Å²) in [6.45, 7) is 0. The molecule has 0 bridgehead atoms. The summed E-state index contributed by atoms with van der Waals surface area (Å²) in [6, 6.07) is 11.4. The van der Waals surface area contributed by atoms with E-state index in [9.17, 15) is 9.59 Å². The van der Waals surface area contributed by atoms with Gasteiger partial charge in [-0.3, -0.25) is 9.59 Å². The van der Waals surface area contributed by atoms with Crippen LogP contribution in [0.25, 0.3) is 0 Å². The predicted octanol–water partition coefficient (Wildman–Crippen LogP) is 3.69. The van der Waals surface area contributed by atoms with E-state index in [2.05, 4.69) is 37.2 Å². The molecule has 23 heavy (non-hydrogen) atoms. The third-order valence-corrected chi connectivity index (χ3v) is 4.44. The van der Waals surface area contributed by atoms with Gasteiger partial charge in [0, 0.05) is 26.0 Å². The Balaban J connectivity index is 2.18. The highest BCUT2D eigenvalue weighted by molar-refractivity contribution is 9.11. The first-order chi connectivity index (χ1) is 10.9. The average Bonchev–Trinajstić information content (AvgIpc) is 2.47. The van der Waals surface area contributed by atoms with Crippen LogP contribution in [0.3, 0.4) is 0 Å². The van der Waals surface area contributed by atoms with Crippen molar-refractivity contribution >= 4 is 55.3 Å². The summed E-state index contributed by atoms with van der Waals surface area (Å²) >= 11 is 12.7. The summed E-state index contributed by atoms with van der Waals surface area (Å²) < 4.78 is 1.50. The molecule has 4 nitrogen and oxygen atoms in total. The molecule has 0 heterocycles. The zero-order valence-electron chi connectivity index (χ0n) is 11.9. The fourth-order valence-electron chi connectivity index (χ4n) is 2.03. The Labute approximate surface area is 155 Å². The zero-order chi connectivity index (χ0) is 17.0. The molecular formula is C16H13Br2ClN2O2. The Morgan fingerprint density at radius 1 is 1.13 bits per heavy atom. The summed E-state index contributed by atoms with van der Waals surface area (Å²) in [4.78, 5) is 24.0. The van der Waals surface area contributed by atoms with Gasteiger partial charge in [0.15, 0.2) is 0 Å². The summed E-state index contributed by atoms with van der Waals surface area (Å²) in [5, 5.41) is 3.18. The molecule has 1 atom stereocenters. The molecular weight excluding hydrogens is 447 g/mol. The molecule has 0 spiro atoms. The number of rotatable bonds is 5. The highest BCUT2D eigenvalue weighted by atomic mass is 79.9. The molecule has 0 aliphatic rings. The number of nitrogens with two attached hydrogens (primary N) is 1. The number of carbonyl (C=O) groups is 2. The lowest BCUT2D eigenvalue weighted by Gasteiger charge is -2.16. The van der Waals surface area contributed by atoms with E-state index in [1.165, 1.54) is 0 Å². The maximum atomic E-state index is 12.3. The van der Waals surface area contributed by atoms with Gasteiger partial charge in [-0.15, -0.1) is 0 Å². The Morgan fingerprint density at radius 3 is 2.30 bits per heavy atom. The van der Waals surface area contributed by atoms with Crippen molar-refractivity contribution in [1.29, 1.82) is 0 Å². The fraction of sp³-hybridized carbons (Fsp3) is 0.125. The Bertz CT molecular complexity index is 732. The van der Waals surface area contributed by atoms with E-state index in [1.807, 2.05) is 12.1 Å². The molecule has 2 aromatic rings. The maximum absolute atomic E-state index is 12.3. The second-order valence-electron chi connectivity index (χ2n) is 4.88. The van der Waals surface area contributed by atoms with Crippen molar-refractivity contribution in [2.24, 2.45) is 5.73 Å². The molecule has 2 aromatic carbocycles. The number of halogens is 3. The number of hydrogen-bond acceptors (Lipinski definition) is 2. The lowest BCUT2D eigenvalue weighted by molar-refractivity contribution is -0.119. The van der Waals surface area contributed by atoms with Gasteiger partial charge in [-0.1, -0.05) is 61.7 Å². The Kier molecular flexibility index (Phi) is 6.21. The quantitative estimate of drug-likeness (QED) is 0.714. The molecule has 0 saturated carbocycles. The van der Waals surface area contributed by atoms with Crippen LogP contribution in [0.5, 0.6) is 0 Å². The van der Waals surface area contributed by atoms with E-state index in [4.69, 9.17) is 17.3 Å². The van der Waals surface area contributed by atoms with Gasteiger partial charge in [-0.2, -0.15) is 0 Å². The largest absolute Gasteiger partial charge is 0.368 e. The standard InChI is InChI=1S/C16H13Br2ClN2O2/c17-11-5-10(6-12(18)8-11)16(23)21-14(15(20)22)7-9-3-1-2-4-13(9)19/h1-6,8,14H,7H2,(H2,20,22)(H,21,23)/t14-/m0/s1. The molecule has 0 aliphatic heterocycles. The van der Waals surface area contributed by atoms with Crippen LogP contribution in [0.1, 0.15) is 15.9 Å². The minimum absolute atomic E-state index is 0.232. The van der Waals surface area contributed by atoms with Crippen molar-refractivity contribution in [3.63, 3.8) is 0 Å². The molecule has 120 valence electrons. The van der Waals surface area contributed by atoms with Crippen molar-refractivity contribution in [2.45, 2.75) is 12.5 Å². The molecule has 7 heteroatoms. The van der Waals surface area contributed by atoms with E-state index in [0.29, 0.717) is 10.6 Å². The number of amides is 2. The van der Waals surface area contributed by atoms with E-state index >= 15 is 0 Å². The number of nitrogens with one attached hydrogen (secondary N) is 1. The maximum Gasteiger partial charge on any atom is 0.252 e. The van der Waals surface area contributed by atoms with Crippen LogP contribution in [0.4, 0.5) is 0 Å². The van der Waals surface area contributed by atoms with Gasteiger partial charge in [0.2, 0.25) is 5.91 Å². The van der Waals surface area contributed by atoms with E-state index in [0.717, 1.165) is 14.5 Å². The molecule has 0 aromatic heterocycles. The Morgan fingerprint density at radius 2 is 1.74 bits per heavy atom. The number of carbonyl (C=O) groups excluding carboxylic acids is 2. The molecule has 3 N–H and O–H groups in total. The van der Waals surface area contributed by atoms with Crippen molar-refractivity contribution < 1.29 is 9.59 Å². The van der Waals surface area contributed by atoms with Crippen LogP contribution in [-0.2, 0) is 11.2 Å². The van der Waals surface area contributed by atoms with Gasteiger partial charge in [-0.05, 0) is 29.8 Å². The van der Waals surface area contributed by atoms with Crippen LogP contribution in [0.15, 0.2) is 51.4 Å². The van der Waals surface area contributed by atoms with Crippen LogP contribution in [-0.4, -0.2) is 17.9 Å². The normalized spacial score (nSPS) is 11.8. The van der Waals surface area contributed by atoms with Crippen molar-refractivity contribution in [2.75, 3.05) is 0 Å². The van der Waals surface area contributed by atoms with Gasteiger partial charge in [0.05, 0.1) is 0 Å². The summed E-state index contributed by atoms with van der Waals surface area (Å²) in [5.41, 5.74) is 6.56. The fourth-order valence-corrected chi connectivity index (χ4v) is 3.54.